The van der Waals surface area contributed by atoms with Crippen LogP contribution in [0.4, 0.5) is 0 Å². The molecule has 0 amide bonds. The first-order valence-corrected chi connectivity index (χ1v) is 4.83. The van der Waals surface area contributed by atoms with E-state index in [-0.39, 0.29) is 0 Å². The highest BCUT2D eigenvalue weighted by atomic mass is 16.5. The van der Waals surface area contributed by atoms with E-state index in [4.69, 9.17) is 9.15 Å². The summed E-state index contributed by atoms with van der Waals surface area (Å²) in [7, 11) is 1.66. The van der Waals surface area contributed by atoms with Gasteiger partial charge in [0.25, 0.3) is 0 Å². The monoisotopic (exact) mass is 198 g/mol. The summed E-state index contributed by atoms with van der Waals surface area (Å²) in [5.41, 5.74) is 0.866. The van der Waals surface area contributed by atoms with Crippen molar-refractivity contribution in [1.29, 1.82) is 0 Å². The van der Waals surface area contributed by atoms with Gasteiger partial charge in [-0.05, 0) is 16.8 Å². The van der Waals surface area contributed by atoms with Crippen LogP contribution in [-0.4, -0.2) is 7.11 Å². The number of ether oxygens (including phenoxy) is 1. The molecule has 0 bridgehead atoms. The van der Waals surface area contributed by atoms with Crippen LogP contribution in [-0.2, 0) is 0 Å². The molecule has 3 aromatic rings. The van der Waals surface area contributed by atoms with Crippen LogP contribution in [0.2, 0.25) is 0 Å². The zero-order valence-electron chi connectivity index (χ0n) is 8.36. The molecule has 0 fully saturated rings. The van der Waals surface area contributed by atoms with Crippen molar-refractivity contribution in [2.45, 2.75) is 0 Å². The molecule has 74 valence electrons. The molecule has 0 aliphatic heterocycles. The van der Waals surface area contributed by atoms with Crippen LogP contribution in [0.1, 0.15) is 0 Å². The van der Waals surface area contributed by atoms with E-state index >= 15 is 0 Å². The maximum atomic E-state index is 5.42. The molecular formula is C13H10O2. The Morgan fingerprint density at radius 3 is 2.80 bits per heavy atom. The van der Waals surface area contributed by atoms with Crippen molar-refractivity contribution in [2.24, 2.45) is 0 Å². The summed E-state index contributed by atoms with van der Waals surface area (Å²) in [5, 5.41) is 3.42. The van der Waals surface area contributed by atoms with E-state index in [0.29, 0.717) is 0 Å². The lowest BCUT2D eigenvalue weighted by Crippen LogP contribution is -1.80. The third kappa shape index (κ3) is 1.11. The van der Waals surface area contributed by atoms with E-state index in [2.05, 4.69) is 18.2 Å². The predicted octanol–water partition coefficient (Wildman–Crippen LogP) is 3.59. The van der Waals surface area contributed by atoms with Crippen LogP contribution in [0.3, 0.4) is 0 Å². The van der Waals surface area contributed by atoms with Gasteiger partial charge < -0.3 is 9.15 Å². The maximum Gasteiger partial charge on any atom is 0.165 e. The minimum atomic E-state index is 0.793. The maximum absolute atomic E-state index is 5.42. The smallest absolute Gasteiger partial charge is 0.165 e. The molecule has 2 heteroatoms. The summed E-state index contributed by atoms with van der Waals surface area (Å²) in [6.45, 7) is 0. The molecule has 2 nitrogen and oxygen atoms in total. The lowest BCUT2D eigenvalue weighted by Gasteiger charge is -2.00. The molecule has 0 aliphatic rings. The van der Waals surface area contributed by atoms with Crippen molar-refractivity contribution in [2.75, 3.05) is 7.11 Å². The van der Waals surface area contributed by atoms with Crippen LogP contribution >= 0.6 is 0 Å². The van der Waals surface area contributed by atoms with Crippen LogP contribution in [0.25, 0.3) is 21.7 Å². The molecular weight excluding hydrogens is 188 g/mol. The lowest BCUT2D eigenvalue weighted by molar-refractivity contribution is 0.410. The summed E-state index contributed by atoms with van der Waals surface area (Å²) >= 11 is 0. The quantitative estimate of drug-likeness (QED) is 0.596. The predicted molar refractivity (Wildman–Crippen MR) is 60.3 cm³/mol. The second-order valence-corrected chi connectivity index (χ2v) is 3.46. The molecule has 0 saturated carbocycles. The number of fused-ring (bicyclic) bond motifs is 3. The summed E-state index contributed by atoms with van der Waals surface area (Å²) in [6.07, 6.45) is 1.65. The van der Waals surface area contributed by atoms with Crippen LogP contribution < -0.4 is 4.74 Å². The van der Waals surface area contributed by atoms with Crippen LogP contribution in [0, 0.1) is 0 Å². The number of rotatable bonds is 1. The van der Waals surface area contributed by atoms with Gasteiger partial charge in [0.2, 0.25) is 0 Å². The molecule has 0 saturated heterocycles. The van der Waals surface area contributed by atoms with Gasteiger partial charge in [0.1, 0.15) is 11.8 Å². The fourth-order valence-corrected chi connectivity index (χ4v) is 1.93. The summed E-state index contributed by atoms with van der Waals surface area (Å²) in [4.78, 5) is 0. The number of hydrogen-bond acceptors (Lipinski definition) is 2. The Labute approximate surface area is 87.1 Å². The van der Waals surface area contributed by atoms with E-state index in [0.717, 1.165) is 16.7 Å². The van der Waals surface area contributed by atoms with Gasteiger partial charge in [0.05, 0.1) is 12.5 Å². The van der Waals surface area contributed by atoms with Gasteiger partial charge in [-0.3, -0.25) is 0 Å². The Bertz CT molecular complexity index is 623. The van der Waals surface area contributed by atoms with E-state index in [1.165, 1.54) is 10.8 Å². The van der Waals surface area contributed by atoms with Gasteiger partial charge in [-0.1, -0.05) is 30.3 Å². The van der Waals surface area contributed by atoms with E-state index in [9.17, 15) is 0 Å². The van der Waals surface area contributed by atoms with Crippen molar-refractivity contribution in [3.63, 3.8) is 0 Å². The standard InChI is InChI=1S/C13H10O2/c1-14-12-8-15-11-7-6-9-4-2-3-5-10(9)13(11)12/h2-8H,1H3. The van der Waals surface area contributed by atoms with Gasteiger partial charge in [-0.25, -0.2) is 0 Å². The van der Waals surface area contributed by atoms with E-state index < -0.39 is 0 Å². The van der Waals surface area contributed by atoms with Crippen molar-refractivity contribution < 1.29 is 9.15 Å². The Hall–Kier alpha value is -1.96. The molecule has 15 heavy (non-hydrogen) atoms. The molecule has 0 unspecified atom stereocenters. The molecule has 0 N–H and O–H groups in total. The van der Waals surface area contributed by atoms with E-state index in [1.807, 2.05) is 18.2 Å². The van der Waals surface area contributed by atoms with Crippen molar-refractivity contribution in [3.8, 4) is 5.75 Å². The highest BCUT2D eigenvalue weighted by Crippen LogP contribution is 2.34. The second-order valence-electron chi connectivity index (χ2n) is 3.46. The number of methoxy groups -OCH3 is 1. The molecule has 2 aromatic carbocycles. The Morgan fingerprint density at radius 1 is 1.07 bits per heavy atom. The molecule has 0 atom stereocenters. The summed E-state index contributed by atoms with van der Waals surface area (Å²) < 4.78 is 10.7. The summed E-state index contributed by atoms with van der Waals surface area (Å²) in [6, 6.07) is 12.2. The average molecular weight is 198 g/mol. The molecule has 0 radical (unpaired) electrons. The zero-order chi connectivity index (χ0) is 10.3. The van der Waals surface area contributed by atoms with Crippen molar-refractivity contribution in [3.05, 3.63) is 42.7 Å². The van der Waals surface area contributed by atoms with Crippen molar-refractivity contribution >= 4 is 21.7 Å². The van der Waals surface area contributed by atoms with Gasteiger partial charge in [-0.2, -0.15) is 0 Å². The minimum Gasteiger partial charge on any atom is -0.493 e. The molecule has 0 aliphatic carbocycles. The molecule has 1 heterocycles. The number of benzene rings is 2. The largest absolute Gasteiger partial charge is 0.493 e. The minimum absolute atomic E-state index is 0.793. The first kappa shape index (κ1) is 8.36. The van der Waals surface area contributed by atoms with Gasteiger partial charge in [0, 0.05) is 0 Å². The first-order chi connectivity index (χ1) is 7.40. The van der Waals surface area contributed by atoms with Crippen LogP contribution in [0.15, 0.2) is 47.1 Å². The zero-order valence-corrected chi connectivity index (χ0v) is 8.36. The Kier molecular flexibility index (Phi) is 1.68. The topological polar surface area (TPSA) is 22.4 Å². The third-order valence-corrected chi connectivity index (χ3v) is 2.65. The van der Waals surface area contributed by atoms with Crippen LogP contribution in [0.5, 0.6) is 5.75 Å². The molecule has 3 rings (SSSR count). The lowest BCUT2D eigenvalue weighted by atomic mass is 10.1. The fraction of sp³-hybridized carbons (Fsp3) is 0.0769. The molecule has 1 aromatic heterocycles. The van der Waals surface area contributed by atoms with Gasteiger partial charge in [-0.15, -0.1) is 0 Å². The number of hydrogen-bond donors (Lipinski definition) is 0. The highest BCUT2D eigenvalue weighted by molar-refractivity contribution is 6.08. The SMILES string of the molecule is COc1coc2ccc3ccccc3c12. The highest BCUT2D eigenvalue weighted by Gasteiger charge is 2.08. The Morgan fingerprint density at radius 2 is 1.93 bits per heavy atom. The normalized spacial score (nSPS) is 11.0. The average Bonchev–Trinajstić information content (AvgIpc) is 2.72. The Balaban J connectivity index is 2.56. The van der Waals surface area contributed by atoms with Gasteiger partial charge in [0.15, 0.2) is 5.75 Å². The first-order valence-electron chi connectivity index (χ1n) is 4.83. The van der Waals surface area contributed by atoms with Crippen molar-refractivity contribution in [1.82, 2.24) is 0 Å². The fourth-order valence-electron chi connectivity index (χ4n) is 1.93. The number of furan rings is 1. The van der Waals surface area contributed by atoms with E-state index in [1.54, 1.807) is 13.4 Å². The summed E-state index contributed by atoms with van der Waals surface area (Å²) in [5.74, 6) is 0.793. The molecule has 0 spiro atoms. The van der Waals surface area contributed by atoms with Gasteiger partial charge >= 0.3 is 0 Å². The second kappa shape index (κ2) is 3.02. The third-order valence-electron chi connectivity index (χ3n) is 2.65.